The summed E-state index contributed by atoms with van der Waals surface area (Å²) < 4.78 is 12.0. The average molecular weight is 351 g/mol. The van der Waals surface area contributed by atoms with Crippen LogP contribution in [0.1, 0.15) is 60.8 Å². The maximum atomic E-state index is 13.0. The van der Waals surface area contributed by atoms with E-state index in [1.165, 1.54) is 0 Å². The number of nitrogens with zero attached hydrogens (tertiary/aromatic N) is 1. The highest BCUT2D eigenvalue weighted by molar-refractivity contribution is 5.70. The van der Waals surface area contributed by atoms with Crippen LogP contribution in [0.5, 0.6) is 0 Å². The molecule has 25 heavy (non-hydrogen) atoms. The van der Waals surface area contributed by atoms with Crippen LogP contribution in [0.15, 0.2) is 12.7 Å². The van der Waals surface area contributed by atoms with Crippen molar-refractivity contribution in [3.8, 4) is 0 Å². The fourth-order valence-electron chi connectivity index (χ4n) is 5.36. The first-order valence-electron chi connectivity index (χ1n) is 9.40. The Morgan fingerprint density at radius 2 is 2.08 bits per heavy atom. The van der Waals surface area contributed by atoms with Crippen molar-refractivity contribution in [2.45, 2.75) is 90.9 Å². The molecule has 0 aromatic carbocycles. The van der Waals surface area contributed by atoms with Crippen LogP contribution in [-0.4, -0.2) is 46.2 Å². The fourth-order valence-corrected chi connectivity index (χ4v) is 5.36. The second kappa shape index (κ2) is 5.71. The van der Waals surface area contributed by atoms with E-state index in [4.69, 9.17) is 9.47 Å². The van der Waals surface area contributed by atoms with Crippen molar-refractivity contribution >= 4 is 6.09 Å². The summed E-state index contributed by atoms with van der Waals surface area (Å²) in [5.74, 6) is 0.397. The van der Waals surface area contributed by atoms with Crippen molar-refractivity contribution < 1.29 is 19.4 Å². The number of aliphatic hydroxyl groups excluding tert-OH is 1. The summed E-state index contributed by atoms with van der Waals surface area (Å²) in [7, 11) is 0. The lowest BCUT2D eigenvalue weighted by atomic mass is 9.69. The van der Waals surface area contributed by atoms with Gasteiger partial charge in [0.1, 0.15) is 11.7 Å². The van der Waals surface area contributed by atoms with Gasteiger partial charge in [-0.05, 0) is 56.8 Å². The Kier molecular flexibility index (Phi) is 4.28. The summed E-state index contributed by atoms with van der Waals surface area (Å²) in [5, 5.41) is 10.6. The maximum absolute atomic E-state index is 13.0. The number of carbonyl (C=O) groups excluding carboxylic acids is 1. The predicted octanol–water partition coefficient (Wildman–Crippen LogP) is 3.71. The molecule has 2 bridgehead atoms. The van der Waals surface area contributed by atoms with Crippen molar-refractivity contribution in [2.24, 2.45) is 16.7 Å². The first-order chi connectivity index (χ1) is 11.4. The Hall–Kier alpha value is -1.07. The number of hydrogen-bond acceptors (Lipinski definition) is 4. The predicted molar refractivity (Wildman–Crippen MR) is 96.0 cm³/mol. The molecule has 0 spiro atoms. The third kappa shape index (κ3) is 2.62. The monoisotopic (exact) mass is 351 g/mol. The van der Waals surface area contributed by atoms with Gasteiger partial charge in [0.15, 0.2) is 6.23 Å². The van der Waals surface area contributed by atoms with E-state index < -0.39 is 24.0 Å². The van der Waals surface area contributed by atoms with Crippen LogP contribution in [0.3, 0.4) is 0 Å². The molecule has 1 heterocycles. The van der Waals surface area contributed by atoms with Gasteiger partial charge in [-0.2, -0.15) is 0 Å². The zero-order valence-electron chi connectivity index (χ0n) is 16.4. The summed E-state index contributed by atoms with van der Waals surface area (Å²) >= 11 is 0. The SMILES string of the molecule is C=CC[C@H](O)[C@@H]1O[C@@H]2[C@@H]3CC[C@@](C)([C@@H]2N1C(=O)OC(C)(C)C)C3(C)C. The second-order valence-corrected chi connectivity index (χ2v) is 9.70. The molecule has 0 aromatic rings. The number of rotatable bonds is 3. The summed E-state index contributed by atoms with van der Waals surface area (Å²) in [4.78, 5) is 14.7. The summed E-state index contributed by atoms with van der Waals surface area (Å²) in [6, 6.07) is -0.0550. The van der Waals surface area contributed by atoms with E-state index in [9.17, 15) is 9.90 Å². The zero-order chi connectivity index (χ0) is 18.8. The third-order valence-corrected chi connectivity index (χ3v) is 6.95. The molecule has 1 aliphatic heterocycles. The average Bonchev–Trinajstić information content (AvgIpc) is 3.00. The van der Waals surface area contributed by atoms with Gasteiger partial charge in [0.25, 0.3) is 0 Å². The number of aliphatic hydroxyl groups is 1. The van der Waals surface area contributed by atoms with E-state index in [0.717, 1.165) is 12.8 Å². The highest BCUT2D eigenvalue weighted by Gasteiger charge is 2.72. The highest BCUT2D eigenvalue weighted by atomic mass is 16.6. The summed E-state index contributed by atoms with van der Waals surface area (Å²) in [6.45, 7) is 16.1. The molecule has 6 atom stereocenters. The van der Waals surface area contributed by atoms with Crippen LogP contribution in [-0.2, 0) is 9.47 Å². The molecular weight excluding hydrogens is 318 g/mol. The molecule has 5 nitrogen and oxygen atoms in total. The minimum Gasteiger partial charge on any atom is -0.444 e. The molecule has 1 saturated heterocycles. The normalized spacial score (nSPS) is 40.0. The number of fused-ring (bicyclic) bond motifs is 5. The van der Waals surface area contributed by atoms with Crippen LogP contribution in [0.25, 0.3) is 0 Å². The van der Waals surface area contributed by atoms with Crippen molar-refractivity contribution in [2.75, 3.05) is 0 Å². The van der Waals surface area contributed by atoms with Gasteiger partial charge >= 0.3 is 6.09 Å². The van der Waals surface area contributed by atoms with E-state index in [1.807, 2.05) is 20.8 Å². The quantitative estimate of drug-likeness (QED) is 0.788. The van der Waals surface area contributed by atoms with Gasteiger partial charge in [0.05, 0.1) is 12.1 Å². The van der Waals surface area contributed by atoms with Crippen molar-refractivity contribution in [3.63, 3.8) is 0 Å². The third-order valence-electron chi connectivity index (χ3n) is 6.95. The molecular formula is C20H33NO4. The lowest BCUT2D eigenvalue weighted by Crippen LogP contribution is -2.55. The van der Waals surface area contributed by atoms with Gasteiger partial charge in [0.2, 0.25) is 0 Å². The molecule has 2 saturated carbocycles. The molecule has 1 N–H and O–H groups in total. The Labute approximate surface area is 151 Å². The smallest absolute Gasteiger partial charge is 0.412 e. The summed E-state index contributed by atoms with van der Waals surface area (Å²) in [6.07, 6.45) is 2.34. The van der Waals surface area contributed by atoms with E-state index in [0.29, 0.717) is 12.3 Å². The molecule has 3 rings (SSSR count). The van der Waals surface area contributed by atoms with Crippen molar-refractivity contribution in [3.05, 3.63) is 12.7 Å². The molecule has 3 fully saturated rings. The molecule has 142 valence electrons. The number of ether oxygens (including phenoxy) is 2. The molecule has 1 amide bonds. The molecule has 0 aromatic heterocycles. The topological polar surface area (TPSA) is 59.0 Å². The number of hydrogen-bond donors (Lipinski definition) is 1. The van der Waals surface area contributed by atoms with Gasteiger partial charge < -0.3 is 14.6 Å². The van der Waals surface area contributed by atoms with Crippen molar-refractivity contribution in [1.82, 2.24) is 4.90 Å². The van der Waals surface area contributed by atoms with Crippen molar-refractivity contribution in [1.29, 1.82) is 0 Å². The largest absolute Gasteiger partial charge is 0.444 e. The second-order valence-electron chi connectivity index (χ2n) is 9.70. The molecule has 5 heteroatoms. The van der Waals surface area contributed by atoms with Gasteiger partial charge in [-0.3, -0.25) is 4.90 Å². The molecule has 0 unspecified atom stereocenters. The maximum Gasteiger partial charge on any atom is 0.412 e. The Bertz CT molecular complexity index is 567. The van der Waals surface area contributed by atoms with Gasteiger partial charge in [-0.25, -0.2) is 4.79 Å². The van der Waals surface area contributed by atoms with Gasteiger partial charge in [0, 0.05) is 0 Å². The Morgan fingerprint density at radius 1 is 1.44 bits per heavy atom. The fraction of sp³-hybridized carbons (Fsp3) is 0.850. The van der Waals surface area contributed by atoms with Crippen LogP contribution < -0.4 is 0 Å². The first kappa shape index (κ1) is 18.7. The number of carbonyl (C=O) groups is 1. The highest BCUT2D eigenvalue weighted by Crippen LogP contribution is 2.69. The Balaban J connectivity index is 1.97. The van der Waals surface area contributed by atoms with Gasteiger partial charge in [-0.15, -0.1) is 6.58 Å². The van der Waals surface area contributed by atoms with Crippen LogP contribution in [0.2, 0.25) is 0 Å². The number of amides is 1. The lowest BCUT2D eigenvalue weighted by molar-refractivity contribution is -0.103. The van der Waals surface area contributed by atoms with E-state index in [1.54, 1.807) is 11.0 Å². The molecule has 2 aliphatic carbocycles. The summed E-state index contributed by atoms with van der Waals surface area (Å²) in [5.41, 5.74) is -0.532. The Morgan fingerprint density at radius 3 is 2.64 bits per heavy atom. The molecule has 0 radical (unpaired) electrons. The van der Waals surface area contributed by atoms with E-state index in [-0.39, 0.29) is 23.0 Å². The zero-order valence-corrected chi connectivity index (χ0v) is 16.4. The lowest BCUT2D eigenvalue weighted by Gasteiger charge is -2.43. The first-order valence-corrected chi connectivity index (χ1v) is 9.40. The van der Waals surface area contributed by atoms with Crippen LogP contribution in [0, 0.1) is 16.7 Å². The minimum absolute atomic E-state index is 0.0364. The van der Waals surface area contributed by atoms with E-state index in [2.05, 4.69) is 27.4 Å². The molecule has 3 aliphatic rings. The van der Waals surface area contributed by atoms with E-state index >= 15 is 0 Å². The van der Waals surface area contributed by atoms with Crippen LogP contribution in [0.4, 0.5) is 4.79 Å². The van der Waals surface area contributed by atoms with Crippen LogP contribution >= 0.6 is 0 Å². The standard InChI is InChI=1S/C20H33NO4/c1-8-9-13(22)16-21(17(23)25-18(2,3)4)15-14(24-16)12-10-11-20(15,7)19(12,5)6/h8,12-16,22H,1,9-11H2,2-7H3/t12-,13-,14+,15+,16-,20-/m0/s1. The minimum atomic E-state index is -0.790. The van der Waals surface area contributed by atoms with Gasteiger partial charge in [-0.1, -0.05) is 26.8 Å².